The number of methoxy groups -OCH3 is 1. The Hall–Kier alpha value is -0.380. The molecule has 0 radical (unpaired) electrons. The molecule has 0 amide bonds. The van der Waals surface area contributed by atoms with Gasteiger partial charge in [0.1, 0.15) is 0 Å². The Morgan fingerprint density at radius 1 is 1.44 bits per heavy atom. The lowest BCUT2D eigenvalue weighted by molar-refractivity contribution is 0.129. The fourth-order valence-electron chi connectivity index (χ4n) is 2.30. The van der Waals surface area contributed by atoms with Crippen LogP contribution >= 0.6 is 15.9 Å². The summed E-state index contributed by atoms with van der Waals surface area (Å²) < 4.78 is 6.35. The lowest BCUT2D eigenvalue weighted by atomic mass is 9.91. The van der Waals surface area contributed by atoms with Crippen LogP contribution < -0.4 is 5.32 Å². The smallest absolute Gasteiger partial charge is 0.0502 e. The van der Waals surface area contributed by atoms with Crippen LogP contribution in [0.1, 0.15) is 24.4 Å². The van der Waals surface area contributed by atoms with Gasteiger partial charge in [-0.2, -0.15) is 0 Å². The molecule has 0 aromatic heterocycles. The number of hydrogen-bond donors (Lipinski definition) is 1. The van der Waals surface area contributed by atoms with E-state index in [-0.39, 0.29) is 0 Å². The van der Waals surface area contributed by atoms with E-state index in [1.807, 2.05) is 0 Å². The van der Waals surface area contributed by atoms with E-state index in [0.717, 1.165) is 17.6 Å². The average Bonchev–Trinajstić information content (AvgIpc) is 2.30. The Morgan fingerprint density at radius 2 is 2.31 bits per heavy atom. The lowest BCUT2D eigenvalue weighted by Crippen LogP contribution is -2.35. The number of rotatable bonds is 3. The van der Waals surface area contributed by atoms with Crippen LogP contribution in [-0.2, 0) is 4.74 Å². The topological polar surface area (TPSA) is 21.3 Å². The van der Waals surface area contributed by atoms with Gasteiger partial charge in [0.05, 0.1) is 6.61 Å². The van der Waals surface area contributed by atoms with Crippen molar-refractivity contribution in [1.82, 2.24) is 5.32 Å². The summed E-state index contributed by atoms with van der Waals surface area (Å²) in [6.45, 7) is 1.93. The molecule has 2 unspecified atom stereocenters. The van der Waals surface area contributed by atoms with Crippen molar-refractivity contribution in [2.45, 2.75) is 18.9 Å². The molecule has 3 heteroatoms. The van der Waals surface area contributed by atoms with Gasteiger partial charge in [-0.3, -0.25) is 0 Å². The zero-order valence-corrected chi connectivity index (χ0v) is 11.2. The first-order chi connectivity index (χ1) is 7.79. The van der Waals surface area contributed by atoms with Crippen LogP contribution in [0, 0.1) is 5.92 Å². The Morgan fingerprint density at radius 3 is 2.94 bits per heavy atom. The normalized spacial score (nSPS) is 25.6. The molecule has 2 nitrogen and oxygen atoms in total. The van der Waals surface area contributed by atoms with Gasteiger partial charge in [0, 0.05) is 24.2 Å². The number of benzene rings is 1. The third kappa shape index (κ3) is 3.06. The van der Waals surface area contributed by atoms with Gasteiger partial charge in [0.2, 0.25) is 0 Å². The van der Waals surface area contributed by atoms with Crippen molar-refractivity contribution < 1.29 is 4.74 Å². The summed E-state index contributed by atoms with van der Waals surface area (Å²) >= 11 is 3.52. The number of nitrogens with one attached hydrogen (secondary N) is 1. The van der Waals surface area contributed by atoms with Gasteiger partial charge in [0.25, 0.3) is 0 Å². The molecule has 2 rings (SSSR count). The Balaban J connectivity index is 1.94. The van der Waals surface area contributed by atoms with Crippen LogP contribution in [0.4, 0.5) is 0 Å². The van der Waals surface area contributed by atoms with Gasteiger partial charge in [-0.1, -0.05) is 28.1 Å². The summed E-state index contributed by atoms with van der Waals surface area (Å²) in [7, 11) is 1.78. The maximum absolute atomic E-state index is 5.19. The predicted molar refractivity (Wildman–Crippen MR) is 69.5 cm³/mol. The van der Waals surface area contributed by atoms with E-state index in [0.29, 0.717) is 12.0 Å². The van der Waals surface area contributed by atoms with Crippen molar-refractivity contribution in [3.63, 3.8) is 0 Å². The minimum Gasteiger partial charge on any atom is -0.384 e. The standard InChI is InChI=1S/C13H18BrNO/c1-16-9-10-5-6-13(15-8-10)11-3-2-4-12(14)7-11/h2-4,7,10,13,15H,5-6,8-9H2,1H3. The molecule has 1 fully saturated rings. The largest absolute Gasteiger partial charge is 0.384 e. The van der Waals surface area contributed by atoms with Crippen molar-refractivity contribution in [1.29, 1.82) is 0 Å². The first-order valence-electron chi connectivity index (χ1n) is 5.77. The van der Waals surface area contributed by atoms with Gasteiger partial charge in [-0.15, -0.1) is 0 Å². The second-order valence-corrected chi connectivity index (χ2v) is 5.33. The maximum atomic E-state index is 5.19. The molecule has 0 aliphatic carbocycles. The number of ether oxygens (including phenoxy) is 1. The Labute approximate surface area is 106 Å². The number of hydrogen-bond acceptors (Lipinski definition) is 2. The van der Waals surface area contributed by atoms with E-state index in [1.165, 1.54) is 18.4 Å². The second-order valence-electron chi connectivity index (χ2n) is 4.41. The summed E-state index contributed by atoms with van der Waals surface area (Å²) in [4.78, 5) is 0. The van der Waals surface area contributed by atoms with Gasteiger partial charge in [-0.25, -0.2) is 0 Å². The van der Waals surface area contributed by atoms with Crippen LogP contribution in [-0.4, -0.2) is 20.3 Å². The van der Waals surface area contributed by atoms with Gasteiger partial charge >= 0.3 is 0 Å². The van der Waals surface area contributed by atoms with E-state index >= 15 is 0 Å². The van der Waals surface area contributed by atoms with E-state index in [1.54, 1.807) is 7.11 Å². The molecule has 1 aliphatic rings. The molecular formula is C13H18BrNO. The van der Waals surface area contributed by atoms with Crippen LogP contribution in [0.5, 0.6) is 0 Å². The van der Waals surface area contributed by atoms with E-state index in [9.17, 15) is 0 Å². The van der Waals surface area contributed by atoms with Gasteiger partial charge < -0.3 is 10.1 Å². The van der Waals surface area contributed by atoms with Crippen molar-refractivity contribution in [3.8, 4) is 0 Å². The first kappa shape index (κ1) is 12.1. The number of halogens is 1. The highest BCUT2D eigenvalue weighted by Crippen LogP contribution is 2.27. The third-order valence-corrected chi connectivity index (χ3v) is 3.66. The van der Waals surface area contributed by atoms with Crippen molar-refractivity contribution in [2.24, 2.45) is 5.92 Å². The fraction of sp³-hybridized carbons (Fsp3) is 0.538. The molecule has 1 aliphatic heterocycles. The van der Waals surface area contributed by atoms with Gasteiger partial charge in [0.15, 0.2) is 0 Å². The zero-order chi connectivity index (χ0) is 11.4. The SMILES string of the molecule is COCC1CCC(c2cccc(Br)c2)NC1. The zero-order valence-electron chi connectivity index (χ0n) is 9.58. The molecule has 0 bridgehead atoms. The molecule has 1 aromatic carbocycles. The molecular weight excluding hydrogens is 266 g/mol. The summed E-state index contributed by atoms with van der Waals surface area (Å²) in [6, 6.07) is 9.07. The monoisotopic (exact) mass is 283 g/mol. The highest BCUT2D eigenvalue weighted by Gasteiger charge is 2.21. The quantitative estimate of drug-likeness (QED) is 0.920. The van der Waals surface area contributed by atoms with Crippen LogP contribution in [0.25, 0.3) is 0 Å². The Bertz CT molecular complexity index is 334. The van der Waals surface area contributed by atoms with E-state index < -0.39 is 0 Å². The summed E-state index contributed by atoms with van der Waals surface area (Å²) in [5.41, 5.74) is 1.38. The van der Waals surface area contributed by atoms with Crippen molar-refractivity contribution in [3.05, 3.63) is 34.3 Å². The van der Waals surface area contributed by atoms with Crippen LogP contribution in [0.2, 0.25) is 0 Å². The molecule has 1 heterocycles. The molecule has 2 atom stereocenters. The fourth-order valence-corrected chi connectivity index (χ4v) is 2.72. The minimum atomic E-state index is 0.505. The second kappa shape index (κ2) is 5.80. The molecule has 16 heavy (non-hydrogen) atoms. The highest BCUT2D eigenvalue weighted by atomic mass is 79.9. The summed E-state index contributed by atoms with van der Waals surface area (Å²) in [6.07, 6.45) is 2.45. The summed E-state index contributed by atoms with van der Waals surface area (Å²) in [5, 5.41) is 3.60. The van der Waals surface area contributed by atoms with E-state index in [2.05, 4.69) is 45.5 Å². The molecule has 1 aromatic rings. The Kier molecular flexibility index (Phi) is 4.38. The summed E-state index contributed by atoms with van der Waals surface area (Å²) in [5.74, 6) is 0.674. The van der Waals surface area contributed by atoms with Crippen molar-refractivity contribution in [2.75, 3.05) is 20.3 Å². The molecule has 88 valence electrons. The van der Waals surface area contributed by atoms with E-state index in [4.69, 9.17) is 4.74 Å². The first-order valence-corrected chi connectivity index (χ1v) is 6.56. The molecule has 1 N–H and O–H groups in total. The third-order valence-electron chi connectivity index (χ3n) is 3.17. The minimum absolute atomic E-state index is 0.505. The molecule has 0 spiro atoms. The predicted octanol–water partition coefficient (Wildman–Crippen LogP) is 3.14. The average molecular weight is 284 g/mol. The molecule has 1 saturated heterocycles. The maximum Gasteiger partial charge on any atom is 0.0502 e. The number of piperidine rings is 1. The van der Waals surface area contributed by atoms with Crippen LogP contribution in [0.3, 0.4) is 0 Å². The van der Waals surface area contributed by atoms with Crippen molar-refractivity contribution >= 4 is 15.9 Å². The van der Waals surface area contributed by atoms with Gasteiger partial charge in [-0.05, 0) is 36.5 Å². The molecule has 0 saturated carbocycles. The lowest BCUT2D eigenvalue weighted by Gasteiger charge is -2.29. The van der Waals surface area contributed by atoms with Crippen LogP contribution in [0.15, 0.2) is 28.7 Å². The highest BCUT2D eigenvalue weighted by molar-refractivity contribution is 9.10.